The summed E-state index contributed by atoms with van der Waals surface area (Å²) in [7, 11) is 3.41. The molecule has 0 fully saturated rings. The molecule has 1 aromatic carbocycles. The Labute approximate surface area is 122 Å². The van der Waals surface area contributed by atoms with Crippen molar-refractivity contribution >= 4 is 6.03 Å². The Morgan fingerprint density at radius 2 is 1.95 bits per heavy atom. The summed E-state index contributed by atoms with van der Waals surface area (Å²) in [5.74, 6) is 0. The number of urea groups is 1. The lowest BCUT2D eigenvalue weighted by Gasteiger charge is -2.34. The molecule has 1 N–H and O–H groups in total. The van der Waals surface area contributed by atoms with Crippen molar-refractivity contribution in [2.45, 2.75) is 32.2 Å². The van der Waals surface area contributed by atoms with Crippen molar-refractivity contribution in [1.82, 2.24) is 10.2 Å². The van der Waals surface area contributed by atoms with Gasteiger partial charge in [0.05, 0.1) is 6.61 Å². The minimum atomic E-state index is -0.126. The van der Waals surface area contributed by atoms with Gasteiger partial charge in [-0.15, -0.1) is 0 Å². The molecule has 0 aromatic heterocycles. The van der Waals surface area contributed by atoms with Crippen molar-refractivity contribution in [2.75, 3.05) is 27.3 Å². The second kappa shape index (κ2) is 7.29. The molecular formula is C16H26N2O2. The number of nitrogens with one attached hydrogen (secondary N) is 1. The van der Waals surface area contributed by atoms with E-state index in [1.165, 1.54) is 5.56 Å². The van der Waals surface area contributed by atoms with Crippen LogP contribution >= 0.6 is 0 Å². The van der Waals surface area contributed by atoms with E-state index in [0.717, 1.165) is 0 Å². The second-order valence-corrected chi connectivity index (χ2v) is 5.67. The number of nitrogens with zero attached hydrogens (tertiary/aromatic N) is 1. The van der Waals surface area contributed by atoms with Crippen LogP contribution < -0.4 is 5.32 Å². The first-order valence-electron chi connectivity index (χ1n) is 6.95. The fraction of sp³-hybridized carbons (Fsp3) is 0.562. The van der Waals surface area contributed by atoms with Gasteiger partial charge in [0.1, 0.15) is 0 Å². The molecule has 20 heavy (non-hydrogen) atoms. The molecule has 0 heterocycles. The van der Waals surface area contributed by atoms with Crippen molar-refractivity contribution in [2.24, 2.45) is 0 Å². The first kappa shape index (κ1) is 16.5. The van der Waals surface area contributed by atoms with Crippen LogP contribution in [0.15, 0.2) is 30.3 Å². The molecule has 0 unspecified atom stereocenters. The lowest BCUT2D eigenvalue weighted by Crippen LogP contribution is -2.50. The highest BCUT2D eigenvalue weighted by molar-refractivity contribution is 5.74. The zero-order valence-corrected chi connectivity index (χ0v) is 13.1. The van der Waals surface area contributed by atoms with Gasteiger partial charge in [0.15, 0.2) is 0 Å². The van der Waals surface area contributed by atoms with E-state index in [1.54, 1.807) is 19.1 Å². The number of methoxy groups -OCH3 is 1. The topological polar surface area (TPSA) is 41.6 Å². The van der Waals surface area contributed by atoms with Crippen molar-refractivity contribution < 1.29 is 9.53 Å². The molecule has 1 atom stereocenters. The Bertz CT molecular complexity index is 418. The molecule has 1 aromatic rings. The standard InChI is InChI=1S/C16H26N2O2/c1-13(17-15(19)18(4)11-12-20-5)16(2,3)14-9-7-6-8-10-14/h6-10,13H,11-12H2,1-5H3,(H,17,19)/t13-/m0/s1. The molecular weight excluding hydrogens is 252 g/mol. The molecule has 112 valence electrons. The van der Waals surface area contributed by atoms with Crippen molar-refractivity contribution in [3.8, 4) is 0 Å². The van der Waals surface area contributed by atoms with Crippen LogP contribution in [-0.2, 0) is 10.2 Å². The number of ether oxygens (including phenoxy) is 1. The van der Waals surface area contributed by atoms with E-state index in [2.05, 4.69) is 31.3 Å². The van der Waals surface area contributed by atoms with E-state index in [9.17, 15) is 4.79 Å². The number of likely N-dealkylation sites (N-methyl/N-ethyl adjacent to an activating group) is 1. The third-order valence-electron chi connectivity index (χ3n) is 3.92. The number of hydrogen-bond donors (Lipinski definition) is 1. The first-order chi connectivity index (χ1) is 9.39. The maximum Gasteiger partial charge on any atom is 0.317 e. The van der Waals surface area contributed by atoms with Crippen LogP contribution in [0.25, 0.3) is 0 Å². The van der Waals surface area contributed by atoms with Gasteiger partial charge in [-0.05, 0) is 12.5 Å². The smallest absolute Gasteiger partial charge is 0.317 e. The lowest BCUT2D eigenvalue weighted by atomic mass is 9.78. The Balaban J connectivity index is 2.65. The number of benzene rings is 1. The zero-order valence-electron chi connectivity index (χ0n) is 13.1. The molecule has 0 spiro atoms. The molecule has 0 aliphatic heterocycles. The maximum atomic E-state index is 12.1. The van der Waals surface area contributed by atoms with Gasteiger partial charge in [-0.1, -0.05) is 44.2 Å². The SMILES string of the molecule is COCCN(C)C(=O)N[C@@H](C)C(C)(C)c1ccccc1. The van der Waals surface area contributed by atoms with Crippen LogP contribution in [-0.4, -0.2) is 44.3 Å². The molecule has 0 bridgehead atoms. The van der Waals surface area contributed by atoms with E-state index in [-0.39, 0.29) is 17.5 Å². The predicted octanol–water partition coefficient (Wildman–Crippen LogP) is 2.64. The van der Waals surface area contributed by atoms with Crippen LogP contribution in [0.5, 0.6) is 0 Å². The average molecular weight is 278 g/mol. The largest absolute Gasteiger partial charge is 0.383 e. The van der Waals surface area contributed by atoms with Gasteiger partial charge in [-0.3, -0.25) is 0 Å². The van der Waals surface area contributed by atoms with E-state index in [1.807, 2.05) is 25.1 Å². The summed E-state index contributed by atoms with van der Waals surface area (Å²) in [5.41, 5.74) is 1.09. The highest BCUT2D eigenvalue weighted by Crippen LogP contribution is 2.26. The number of carbonyl (C=O) groups excluding carboxylic acids is 1. The zero-order chi connectivity index (χ0) is 15.2. The monoisotopic (exact) mass is 278 g/mol. The quantitative estimate of drug-likeness (QED) is 0.869. The maximum absolute atomic E-state index is 12.1. The Kier molecular flexibility index (Phi) is 6.02. The highest BCUT2D eigenvalue weighted by Gasteiger charge is 2.29. The van der Waals surface area contributed by atoms with Gasteiger partial charge in [0.25, 0.3) is 0 Å². The normalized spacial score (nSPS) is 12.8. The van der Waals surface area contributed by atoms with Crippen molar-refractivity contribution in [1.29, 1.82) is 0 Å². The van der Waals surface area contributed by atoms with Gasteiger partial charge < -0.3 is 15.0 Å². The molecule has 4 heteroatoms. The van der Waals surface area contributed by atoms with Crippen molar-refractivity contribution in [3.63, 3.8) is 0 Å². The third-order valence-corrected chi connectivity index (χ3v) is 3.92. The van der Waals surface area contributed by atoms with E-state index in [4.69, 9.17) is 4.74 Å². The van der Waals surface area contributed by atoms with Gasteiger partial charge in [-0.25, -0.2) is 4.79 Å². The fourth-order valence-electron chi connectivity index (χ4n) is 1.92. The minimum absolute atomic E-state index is 0.0300. The second-order valence-electron chi connectivity index (χ2n) is 5.67. The predicted molar refractivity (Wildman–Crippen MR) is 82.0 cm³/mol. The number of carbonyl (C=O) groups is 1. The third kappa shape index (κ3) is 4.23. The number of rotatable bonds is 6. The van der Waals surface area contributed by atoms with Crippen LogP contribution in [0.2, 0.25) is 0 Å². The lowest BCUT2D eigenvalue weighted by molar-refractivity contribution is 0.156. The van der Waals surface area contributed by atoms with Crippen LogP contribution in [0.3, 0.4) is 0 Å². The molecule has 2 amide bonds. The fourth-order valence-corrected chi connectivity index (χ4v) is 1.92. The Morgan fingerprint density at radius 1 is 1.35 bits per heavy atom. The minimum Gasteiger partial charge on any atom is -0.383 e. The summed E-state index contributed by atoms with van der Waals surface area (Å²) >= 11 is 0. The van der Waals surface area contributed by atoms with Crippen LogP contribution in [0, 0.1) is 0 Å². The van der Waals surface area contributed by atoms with Gasteiger partial charge >= 0.3 is 6.03 Å². The molecule has 4 nitrogen and oxygen atoms in total. The van der Waals surface area contributed by atoms with Gasteiger partial charge in [0.2, 0.25) is 0 Å². The number of hydrogen-bond acceptors (Lipinski definition) is 2. The summed E-state index contributed by atoms with van der Waals surface area (Å²) in [6.07, 6.45) is 0. The van der Waals surface area contributed by atoms with Crippen LogP contribution in [0.4, 0.5) is 4.79 Å². The van der Waals surface area contributed by atoms with Gasteiger partial charge in [0, 0.05) is 32.2 Å². The molecule has 0 aliphatic rings. The number of amides is 2. The van der Waals surface area contributed by atoms with E-state index >= 15 is 0 Å². The van der Waals surface area contributed by atoms with Gasteiger partial charge in [-0.2, -0.15) is 0 Å². The molecule has 1 rings (SSSR count). The summed E-state index contributed by atoms with van der Waals surface area (Å²) in [4.78, 5) is 13.7. The van der Waals surface area contributed by atoms with Crippen LogP contribution in [0.1, 0.15) is 26.3 Å². The summed E-state index contributed by atoms with van der Waals surface area (Å²) in [6.45, 7) is 7.45. The first-order valence-corrected chi connectivity index (χ1v) is 6.95. The summed E-state index contributed by atoms with van der Waals surface area (Å²) in [5, 5.41) is 3.06. The average Bonchev–Trinajstić information content (AvgIpc) is 2.45. The molecule has 0 saturated carbocycles. The molecule has 0 aliphatic carbocycles. The summed E-state index contributed by atoms with van der Waals surface area (Å²) in [6, 6.07) is 10.2. The highest BCUT2D eigenvalue weighted by atomic mass is 16.5. The van der Waals surface area contributed by atoms with E-state index < -0.39 is 0 Å². The van der Waals surface area contributed by atoms with Crippen molar-refractivity contribution in [3.05, 3.63) is 35.9 Å². The van der Waals surface area contributed by atoms with E-state index in [0.29, 0.717) is 13.2 Å². The molecule has 0 saturated heterocycles. The Morgan fingerprint density at radius 3 is 2.50 bits per heavy atom. The summed E-state index contributed by atoms with van der Waals surface area (Å²) < 4.78 is 4.98. The Hall–Kier alpha value is -1.55. The molecule has 0 radical (unpaired) electrons.